The highest BCUT2D eigenvalue weighted by molar-refractivity contribution is 5.88. The summed E-state index contributed by atoms with van der Waals surface area (Å²) in [6.45, 7) is 9.82. The largest absolute Gasteiger partial charge is 0.444 e. The Morgan fingerprint density at radius 2 is 2.00 bits per heavy atom. The SMILES string of the molecule is CCC1CCC(NC2=NCCN(C(=O)OC(C)(C)C)C2)CC1. The Morgan fingerprint density at radius 1 is 1.32 bits per heavy atom. The second-order valence-electron chi connectivity index (χ2n) is 7.50. The number of hydrogen-bond donors (Lipinski definition) is 1. The summed E-state index contributed by atoms with van der Waals surface area (Å²) in [4.78, 5) is 18.5. The lowest BCUT2D eigenvalue weighted by molar-refractivity contribution is 0.0276. The molecule has 0 aromatic rings. The van der Waals surface area contributed by atoms with Gasteiger partial charge < -0.3 is 10.1 Å². The highest BCUT2D eigenvalue weighted by Gasteiger charge is 2.27. The first-order valence-electron chi connectivity index (χ1n) is 8.65. The highest BCUT2D eigenvalue weighted by atomic mass is 16.6. The van der Waals surface area contributed by atoms with E-state index in [2.05, 4.69) is 17.2 Å². The number of amides is 1. The summed E-state index contributed by atoms with van der Waals surface area (Å²) in [5, 5.41) is 3.55. The molecule has 1 amide bonds. The fourth-order valence-corrected chi connectivity index (χ4v) is 3.14. The van der Waals surface area contributed by atoms with Crippen LogP contribution in [0.1, 0.15) is 59.8 Å². The first kappa shape index (κ1) is 17.1. The number of rotatable bonds is 2. The van der Waals surface area contributed by atoms with Gasteiger partial charge in [0.25, 0.3) is 0 Å². The minimum absolute atomic E-state index is 0.239. The first-order valence-corrected chi connectivity index (χ1v) is 8.65. The van der Waals surface area contributed by atoms with E-state index in [0.717, 1.165) is 11.8 Å². The van der Waals surface area contributed by atoms with Crippen LogP contribution in [0.4, 0.5) is 4.79 Å². The van der Waals surface area contributed by atoms with Crippen LogP contribution in [-0.4, -0.2) is 48.1 Å². The van der Waals surface area contributed by atoms with Crippen LogP contribution in [0.15, 0.2) is 4.99 Å². The Labute approximate surface area is 134 Å². The maximum absolute atomic E-state index is 12.2. The van der Waals surface area contributed by atoms with Crippen LogP contribution in [-0.2, 0) is 4.74 Å². The zero-order valence-electron chi connectivity index (χ0n) is 14.5. The molecule has 1 N–H and O–H groups in total. The number of carbonyl (C=O) groups is 1. The van der Waals surface area contributed by atoms with Crippen LogP contribution < -0.4 is 5.32 Å². The van der Waals surface area contributed by atoms with Gasteiger partial charge in [-0.3, -0.25) is 9.89 Å². The van der Waals surface area contributed by atoms with Crippen LogP contribution in [0.5, 0.6) is 0 Å². The van der Waals surface area contributed by atoms with Crippen molar-refractivity contribution in [2.75, 3.05) is 19.6 Å². The molecule has 126 valence electrons. The lowest BCUT2D eigenvalue weighted by Gasteiger charge is -2.33. The summed E-state index contributed by atoms with van der Waals surface area (Å²) in [5.74, 6) is 1.83. The summed E-state index contributed by atoms with van der Waals surface area (Å²) in [6, 6.07) is 0.514. The molecular formula is C17H31N3O2. The lowest BCUT2D eigenvalue weighted by atomic mass is 9.84. The molecule has 0 aromatic carbocycles. The zero-order chi connectivity index (χ0) is 16.2. The number of nitrogens with zero attached hydrogens (tertiary/aromatic N) is 2. The van der Waals surface area contributed by atoms with E-state index in [1.54, 1.807) is 4.90 Å². The van der Waals surface area contributed by atoms with Gasteiger partial charge in [-0.25, -0.2) is 4.79 Å². The minimum atomic E-state index is -0.447. The third kappa shape index (κ3) is 5.18. The average molecular weight is 309 g/mol. The van der Waals surface area contributed by atoms with Crippen LogP contribution in [0.25, 0.3) is 0 Å². The smallest absolute Gasteiger partial charge is 0.410 e. The van der Waals surface area contributed by atoms with E-state index in [-0.39, 0.29) is 6.09 Å². The predicted molar refractivity (Wildman–Crippen MR) is 89.3 cm³/mol. The van der Waals surface area contributed by atoms with Crippen molar-refractivity contribution in [1.29, 1.82) is 0 Å². The van der Waals surface area contributed by atoms with Gasteiger partial charge in [0.2, 0.25) is 0 Å². The number of aliphatic imine (C=N–C) groups is 1. The van der Waals surface area contributed by atoms with Gasteiger partial charge in [-0.05, 0) is 52.4 Å². The fraction of sp³-hybridized carbons (Fsp3) is 0.882. The van der Waals surface area contributed by atoms with Gasteiger partial charge in [-0.15, -0.1) is 0 Å². The van der Waals surface area contributed by atoms with Crippen molar-refractivity contribution >= 4 is 11.9 Å². The van der Waals surface area contributed by atoms with Crippen molar-refractivity contribution in [3.63, 3.8) is 0 Å². The molecule has 0 radical (unpaired) electrons. The monoisotopic (exact) mass is 309 g/mol. The van der Waals surface area contributed by atoms with Crippen molar-refractivity contribution < 1.29 is 9.53 Å². The third-order valence-electron chi connectivity index (χ3n) is 4.46. The normalized spacial score (nSPS) is 26.4. The molecule has 0 bridgehead atoms. The number of carbonyl (C=O) groups excluding carboxylic acids is 1. The molecular weight excluding hydrogens is 278 g/mol. The first-order chi connectivity index (χ1) is 10.4. The molecule has 2 aliphatic rings. The number of hydrogen-bond acceptors (Lipinski definition) is 4. The molecule has 5 heteroatoms. The van der Waals surface area contributed by atoms with Gasteiger partial charge in [0, 0.05) is 12.6 Å². The van der Waals surface area contributed by atoms with Crippen molar-refractivity contribution in [2.24, 2.45) is 10.9 Å². The summed E-state index contributed by atoms with van der Waals surface area (Å²) >= 11 is 0. The van der Waals surface area contributed by atoms with Gasteiger partial charge in [-0.1, -0.05) is 13.3 Å². The van der Waals surface area contributed by atoms with Crippen molar-refractivity contribution in [3.8, 4) is 0 Å². The molecule has 5 nitrogen and oxygen atoms in total. The summed E-state index contributed by atoms with van der Waals surface area (Å²) < 4.78 is 5.45. The summed E-state index contributed by atoms with van der Waals surface area (Å²) in [5.41, 5.74) is -0.447. The van der Waals surface area contributed by atoms with Crippen LogP contribution in [0.3, 0.4) is 0 Å². The molecule has 0 spiro atoms. The minimum Gasteiger partial charge on any atom is -0.444 e. The van der Waals surface area contributed by atoms with Crippen molar-refractivity contribution in [1.82, 2.24) is 10.2 Å². The predicted octanol–water partition coefficient (Wildman–Crippen LogP) is 3.19. The Kier molecular flexibility index (Phi) is 5.70. The number of ether oxygens (including phenoxy) is 1. The molecule has 1 saturated carbocycles. The second-order valence-corrected chi connectivity index (χ2v) is 7.50. The molecule has 1 aliphatic carbocycles. The van der Waals surface area contributed by atoms with E-state index in [9.17, 15) is 4.79 Å². The van der Waals surface area contributed by atoms with Gasteiger partial charge in [0.15, 0.2) is 0 Å². The highest BCUT2D eigenvalue weighted by Crippen LogP contribution is 2.26. The molecule has 1 aliphatic heterocycles. The van der Waals surface area contributed by atoms with Gasteiger partial charge in [0.1, 0.15) is 11.4 Å². The van der Waals surface area contributed by atoms with Gasteiger partial charge in [-0.2, -0.15) is 0 Å². The molecule has 0 aromatic heterocycles. The Hall–Kier alpha value is -1.26. The third-order valence-corrected chi connectivity index (χ3v) is 4.46. The molecule has 2 rings (SSSR count). The Morgan fingerprint density at radius 3 is 2.59 bits per heavy atom. The summed E-state index contributed by atoms with van der Waals surface area (Å²) in [6.07, 6.45) is 6.08. The Balaban J connectivity index is 1.81. The maximum atomic E-state index is 12.2. The van der Waals surface area contributed by atoms with E-state index in [4.69, 9.17) is 4.74 Å². The summed E-state index contributed by atoms with van der Waals surface area (Å²) in [7, 11) is 0. The van der Waals surface area contributed by atoms with Gasteiger partial charge in [0.05, 0.1) is 13.1 Å². The van der Waals surface area contributed by atoms with Gasteiger partial charge >= 0.3 is 6.09 Å². The lowest BCUT2D eigenvalue weighted by Crippen LogP contribution is -2.49. The van der Waals surface area contributed by atoms with Crippen molar-refractivity contribution in [2.45, 2.75) is 71.4 Å². The molecule has 22 heavy (non-hydrogen) atoms. The van der Waals surface area contributed by atoms with E-state index >= 15 is 0 Å². The second kappa shape index (κ2) is 7.34. The standard InChI is InChI=1S/C17H31N3O2/c1-5-13-6-8-14(9-7-13)19-15-12-20(11-10-18-15)16(21)22-17(2,3)4/h13-14H,5-12H2,1-4H3,(H,18,19). The average Bonchev–Trinajstić information content (AvgIpc) is 2.46. The van der Waals surface area contributed by atoms with Crippen LogP contribution in [0, 0.1) is 5.92 Å². The topological polar surface area (TPSA) is 53.9 Å². The molecule has 0 saturated heterocycles. The molecule has 1 fully saturated rings. The number of nitrogens with one attached hydrogen (secondary N) is 1. The van der Waals surface area contributed by atoms with E-state index in [1.807, 2.05) is 20.8 Å². The molecule has 1 heterocycles. The van der Waals surface area contributed by atoms with Crippen LogP contribution in [0.2, 0.25) is 0 Å². The number of amidine groups is 1. The quantitative estimate of drug-likeness (QED) is 0.852. The van der Waals surface area contributed by atoms with E-state index < -0.39 is 5.60 Å². The molecule has 0 atom stereocenters. The molecule has 0 unspecified atom stereocenters. The van der Waals surface area contributed by atoms with Crippen molar-refractivity contribution in [3.05, 3.63) is 0 Å². The maximum Gasteiger partial charge on any atom is 0.410 e. The van der Waals surface area contributed by atoms with Crippen LogP contribution >= 0.6 is 0 Å². The van der Waals surface area contributed by atoms with E-state index in [1.165, 1.54) is 32.1 Å². The Bertz CT molecular complexity index is 407. The zero-order valence-corrected chi connectivity index (χ0v) is 14.5. The fourth-order valence-electron chi connectivity index (χ4n) is 3.14. The van der Waals surface area contributed by atoms with E-state index in [0.29, 0.717) is 25.7 Å².